The molecule has 102 valence electrons. The van der Waals surface area contributed by atoms with Gasteiger partial charge in [0.05, 0.1) is 18.8 Å². The number of hydrogen-bond acceptors (Lipinski definition) is 4. The number of nitrogens with zero attached hydrogens (tertiary/aromatic N) is 4. The number of morpholine rings is 1. The number of aromatic nitrogens is 3. The molecule has 1 saturated heterocycles. The van der Waals surface area contributed by atoms with Gasteiger partial charge in [0.25, 0.3) is 0 Å². The van der Waals surface area contributed by atoms with Gasteiger partial charge in [-0.05, 0) is 13.3 Å². The van der Waals surface area contributed by atoms with Crippen molar-refractivity contribution in [2.24, 2.45) is 0 Å². The summed E-state index contributed by atoms with van der Waals surface area (Å²) in [7, 11) is 0. The molecule has 0 N–H and O–H groups in total. The summed E-state index contributed by atoms with van der Waals surface area (Å²) >= 11 is 5.89. The van der Waals surface area contributed by atoms with Crippen LogP contribution >= 0.6 is 11.6 Å². The molecule has 18 heavy (non-hydrogen) atoms. The first-order valence-electron chi connectivity index (χ1n) is 6.53. The monoisotopic (exact) mass is 272 g/mol. The van der Waals surface area contributed by atoms with E-state index in [0.717, 1.165) is 38.4 Å². The highest BCUT2D eigenvalue weighted by atomic mass is 35.5. The highest BCUT2D eigenvalue weighted by molar-refractivity contribution is 6.18. The Labute approximate surface area is 113 Å². The van der Waals surface area contributed by atoms with Crippen LogP contribution in [-0.4, -0.2) is 50.8 Å². The van der Waals surface area contributed by atoms with Crippen molar-refractivity contribution < 1.29 is 4.74 Å². The van der Waals surface area contributed by atoms with Crippen LogP contribution in [-0.2, 0) is 17.8 Å². The van der Waals surface area contributed by atoms with Crippen molar-refractivity contribution in [1.29, 1.82) is 0 Å². The van der Waals surface area contributed by atoms with Gasteiger partial charge >= 0.3 is 0 Å². The molecule has 0 bridgehead atoms. The second-order valence-corrected chi connectivity index (χ2v) is 5.13. The first-order chi connectivity index (χ1) is 8.72. The normalized spacial score (nSPS) is 25.5. The van der Waals surface area contributed by atoms with Crippen LogP contribution in [0.5, 0.6) is 0 Å². The predicted octanol–water partition coefficient (Wildman–Crippen LogP) is 1.52. The Morgan fingerprint density at radius 2 is 2.33 bits per heavy atom. The molecule has 6 heteroatoms. The lowest BCUT2D eigenvalue weighted by Crippen LogP contribution is -2.47. The van der Waals surface area contributed by atoms with Crippen LogP contribution in [0, 0.1) is 0 Å². The van der Waals surface area contributed by atoms with E-state index in [4.69, 9.17) is 16.3 Å². The Hall–Kier alpha value is -0.650. The second kappa shape index (κ2) is 6.50. The molecule has 0 aromatic carbocycles. The Balaban J connectivity index is 1.97. The van der Waals surface area contributed by atoms with Gasteiger partial charge in [0.1, 0.15) is 12.2 Å². The van der Waals surface area contributed by atoms with Crippen molar-refractivity contribution in [3.8, 4) is 0 Å². The van der Waals surface area contributed by atoms with E-state index in [-0.39, 0.29) is 12.2 Å². The molecule has 1 aromatic heterocycles. The smallest absolute Gasteiger partial charge is 0.141 e. The molecule has 0 aliphatic carbocycles. The zero-order valence-corrected chi connectivity index (χ0v) is 11.8. The third-order valence-corrected chi connectivity index (χ3v) is 3.41. The van der Waals surface area contributed by atoms with Crippen molar-refractivity contribution in [2.75, 3.05) is 19.0 Å². The van der Waals surface area contributed by atoms with Gasteiger partial charge in [-0.15, -0.1) is 11.6 Å². The Bertz CT molecular complexity index is 371. The number of halogens is 1. The molecule has 2 rings (SSSR count). The number of ether oxygens (including phenoxy) is 1. The fraction of sp³-hybridized carbons (Fsp3) is 0.833. The van der Waals surface area contributed by atoms with Crippen LogP contribution < -0.4 is 0 Å². The quantitative estimate of drug-likeness (QED) is 0.763. The molecular formula is C12H21ClN4O. The zero-order valence-electron chi connectivity index (χ0n) is 11.0. The zero-order chi connectivity index (χ0) is 13.0. The van der Waals surface area contributed by atoms with E-state index in [1.807, 2.05) is 4.68 Å². The first-order valence-corrected chi connectivity index (χ1v) is 7.06. The van der Waals surface area contributed by atoms with Crippen molar-refractivity contribution >= 4 is 11.6 Å². The summed E-state index contributed by atoms with van der Waals surface area (Å²) < 4.78 is 7.73. The summed E-state index contributed by atoms with van der Waals surface area (Å²) in [5.41, 5.74) is 0. The van der Waals surface area contributed by atoms with Crippen molar-refractivity contribution in [3.63, 3.8) is 0 Å². The fourth-order valence-corrected chi connectivity index (χ4v) is 2.53. The van der Waals surface area contributed by atoms with E-state index in [1.165, 1.54) is 0 Å². The van der Waals surface area contributed by atoms with Gasteiger partial charge in [0, 0.05) is 25.5 Å². The minimum atomic E-state index is 0.123. The van der Waals surface area contributed by atoms with Crippen molar-refractivity contribution in [3.05, 3.63) is 12.2 Å². The van der Waals surface area contributed by atoms with Crippen LogP contribution in [0.3, 0.4) is 0 Å². The lowest BCUT2D eigenvalue weighted by Gasteiger charge is -2.35. The van der Waals surface area contributed by atoms with Crippen LogP contribution in [0.2, 0.25) is 0 Å². The van der Waals surface area contributed by atoms with E-state index >= 15 is 0 Å². The van der Waals surface area contributed by atoms with Crippen molar-refractivity contribution in [2.45, 2.75) is 45.6 Å². The lowest BCUT2D eigenvalue weighted by molar-refractivity contribution is -0.0697. The van der Waals surface area contributed by atoms with Crippen LogP contribution in [0.1, 0.15) is 26.1 Å². The molecule has 2 unspecified atom stereocenters. The van der Waals surface area contributed by atoms with E-state index < -0.39 is 0 Å². The molecule has 2 heterocycles. The molecule has 1 aliphatic heterocycles. The SMILES string of the molecule is CCCn1ncnc1CN1CC(C)OC(CCl)C1. The molecule has 0 radical (unpaired) electrons. The van der Waals surface area contributed by atoms with Gasteiger partial charge in [0.15, 0.2) is 0 Å². The Morgan fingerprint density at radius 3 is 3.06 bits per heavy atom. The van der Waals surface area contributed by atoms with Crippen LogP contribution in [0.25, 0.3) is 0 Å². The van der Waals surface area contributed by atoms with Crippen LogP contribution in [0.4, 0.5) is 0 Å². The van der Waals surface area contributed by atoms with Crippen LogP contribution in [0.15, 0.2) is 6.33 Å². The predicted molar refractivity (Wildman–Crippen MR) is 70.6 cm³/mol. The molecule has 2 atom stereocenters. The molecule has 5 nitrogen and oxygen atoms in total. The summed E-state index contributed by atoms with van der Waals surface area (Å²) in [5.74, 6) is 1.57. The maximum atomic E-state index is 5.89. The molecule has 1 aromatic rings. The molecule has 0 spiro atoms. The topological polar surface area (TPSA) is 43.2 Å². The largest absolute Gasteiger partial charge is 0.371 e. The number of rotatable bonds is 5. The lowest BCUT2D eigenvalue weighted by atomic mass is 10.2. The molecule has 0 amide bonds. The molecular weight excluding hydrogens is 252 g/mol. The van der Waals surface area contributed by atoms with Gasteiger partial charge in [0.2, 0.25) is 0 Å². The minimum Gasteiger partial charge on any atom is -0.371 e. The standard InChI is InChI=1S/C12H21ClN4O/c1-3-4-17-12(14-9-15-17)8-16-6-10(2)18-11(5-13)7-16/h9-11H,3-8H2,1-2H3. The third kappa shape index (κ3) is 3.43. The highest BCUT2D eigenvalue weighted by Gasteiger charge is 2.25. The minimum absolute atomic E-state index is 0.123. The van der Waals surface area contributed by atoms with E-state index in [0.29, 0.717) is 5.88 Å². The summed E-state index contributed by atoms with van der Waals surface area (Å²) in [5, 5.41) is 4.25. The number of hydrogen-bond donors (Lipinski definition) is 0. The van der Waals surface area contributed by atoms with Gasteiger partial charge in [-0.2, -0.15) is 5.10 Å². The number of aryl methyl sites for hydroxylation is 1. The molecule has 1 fully saturated rings. The van der Waals surface area contributed by atoms with Gasteiger partial charge < -0.3 is 4.74 Å². The summed E-state index contributed by atoms with van der Waals surface area (Å²) in [6.07, 6.45) is 3.05. The summed E-state index contributed by atoms with van der Waals surface area (Å²) in [6.45, 7) is 7.77. The second-order valence-electron chi connectivity index (χ2n) is 4.82. The third-order valence-electron chi connectivity index (χ3n) is 3.07. The average molecular weight is 273 g/mol. The maximum Gasteiger partial charge on any atom is 0.141 e. The highest BCUT2D eigenvalue weighted by Crippen LogP contribution is 2.14. The summed E-state index contributed by atoms with van der Waals surface area (Å²) in [4.78, 5) is 6.69. The van der Waals surface area contributed by atoms with Gasteiger partial charge in [-0.25, -0.2) is 9.67 Å². The first kappa shape index (κ1) is 13.8. The van der Waals surface area contributed by atoms with Crippen molar-refractivity contribution in [1.82, 2.24) is 19.7 Å². The average Bonchev–Trinajstić information content (AvgIpc) is 2.76. The van der Waals surface area contributed by atoms with Gasteiger partial charge in [-0.3, -0.25) is 4.90 Å². The Morgan fingerprint density at radius 1 is 1.50 bits per heavy atom. The fourth-order valence-electron chi connectivity index (χ4n) is 2.36. The molecule has 1 aliphatic rings. The van der Waals surface area contributed by atoms with E-state index in [2.05, 4.69) is 28.8 Å². The van der Waals surface area contributed by atoms with Gasteiger partial charge in [-0.1, -0.05) is 6.92 Å². The number of alkyl halides is 1. The Kier molecular flexibility index (Phi) is 4.97. The molecule has 0 saturated carbocycles. The van der Waals surface area contributed by atoms with E-state index in [9.17, 15) is 0 Å². The summed E-state index contributed by atoms with van der Waals surface area (Å²) in [6, 6.07) is 0. The van der Waals surface area contributed by atoms with E-state index in [1.54, 1.807) is 6.33 Å². The maximum absolute atomic E-state index is 5.89.